The molecule has 2 aliphatic rings. The maximum Gasteiger partial charge on any atom is 0.227 e. The number of oxazole rings is 2. The molecule has 11 aromatic rings. The van der Waals surface area contributed by atoms with Crippen molar-refractivity contribution >= 4 is 56.3 Å². The SMILES string of the molecule is CC1(C)c2cc(N(c3ccc(-c4ccccc4)cc3)c3ccc(-c4nc5ccccc5o4)cc3)ccc2-c2ccc(N3c4ccccc4C(C)(C)c4cc(-c5nc6ccccc6o5)ccc43)cc21. The molecule has 13 rings (SSSR count). The molecule has 1 aliphatic heterocycles. The summed E-state index contributed by atoms with van der Waals surface area (Å²) in [5, 5.41) is 0. The summed E-state index contributed by atoms with van der Waals surface area (Å²) in [5.74, 6) is 1.24. The summed E-state index contributed by atoms with van der Waals surface area (Å²) in [6.45, 7) is 9.39. The Labute approximate surface area is 395 Å². The van der Waals surface area contributed by atoms with E-state index in [1.807, 2.05) is 48.5 Å². The summed E-state index contributed by atoms with van der Waals surface area (Å²) < 4.78 is 12.5. The van der Waals surface area contributed by atoms with E-state index in [1.165, 1.54) is 50.2 Å². The molecule has 0 amide bonds. The topological polar surface area (TPSA) is 58.5 Å². The van der Waals surface area contributed by atoms with E-state index in [2.05, 4.69) is 195 Å². The molecule has 0 saturated heterocycles. The largest absolute Gasteiger partial charge is 0.436 e. The highest BCUT2D eigenvalue weighted by atomic mass is 16.4. The number of nitrogens with zero attached hydrogens (tertiary/aromatic N) is 4. The molecule has 9 aromatic carbocycles. The van der Waals surface area contributed by atoms with E-state index in [0.29, 0.717) is 11.8 Å². The molecule has 0 spiro atoms. The van der Waals surface area contributed by atoms with Crippen LogP contribution in [0.5, 0.6) is 0 Å². The second-order valence-corrected chi connectivity index (χ2v) is 19.1. The molecule has 1 aliphatic carbocycles. The molecule has 0 N–H and O–H groups in total. The number of rotatable bonds is 7. The Balaban J connectivity index is 0.892. The standard InChI is InChI=1S/C62H46N4O2/c1-61(2)49-16-8-11-19-55(49)66(56-35-26-42(36-52(56)61)60-64-54-18-10-13-21-58(54)68-60)46-32-34-48-47-33-31-45(37-50(47)62(3,4)51(48)38-46)65(43-27-22-40(23-28-43)39-14-6-5-7-15-39)44-29-24-41(25-30-44)59-63-53-17-9-12-20-57(53)67-59/h5-38H,1-4H3. The third-order valence-electron chi connectivity index (χ3n) is 14.3. The number of aromatic nitrogens is 2. The van der Waals surface area contributed by atoms with Crippen LogP contribution in [0.1, 0.15) is 49.9 Å². The average Bonchev–Trinajstić information content (AvgIpc) is 4.08. The molecule has 0 atom stereocenters. The van der Waals surface area contributed by atoms with Crippen LogP contribution in [0.25, 0.3) is 67.4 Å². The first-order valence-corrected chi connectivity index (χ1v) is 23.3. The van der Waals surface area contributed by atoms with Gasteiger partial charge >= 0.3 is 0 Å². The number of anilines is 6. The zero-order valence-electron chi connectivity index (χ0n) is 38.2. The lowest BCUT2D eigenvalue weighted by molar-refractivity contribution is 0.615. The van der Waals surface area contributed by atoms with Crippen molar-refractivity contribution in [3.63, 3.8) is 0 Å². The fraction of sp³-hybridized carbons (Fsp3) is 0.0968. The molecular formula is C62H46N4O2. The third-order valence-corrected chi connectivity index (χ3v) is 14.3. The predicted molar refractivity (Wildman–Crippen MR) is 277 cm³/mol. The lowest BCUT2D eigenvalue weighted by Gasteiger charge is -2.42. The first kappa shape index (κ1) is 39.8. The molecule has 0 radical (unpaired) electrons. The quantitative estimate of drug-likeness (QED) is 0.159. The minimum absolute atomic E-state index is 0.272. The molecule has 6 nitrogen and oxygen atoms in total. The lowest BCUT2D eigenvalue weighted by atomic mass is 9.73. The van der Waals surface area contributed by atoms with Crippen molar-refractivity contribution in [2.75, 3.05) is 9.80 Å². The second kappa shape index (κ2) is 15.0. The Morgan fingerprint density at radius 2 is 0.882 bits per heavy atom. The summed E-state index contributed by atoms with van der Waals surface area (Å²) in [7, 11) is 0. The van der Waals surface area contributed by atoms with E-state index in [1.54, 1.807) is 0 Å². The van der Waals surface area contributed by atoms with E-state index in [9.17, 15) is 0 Å². The van der Waals surface area contributed by atoms with E-state index in [4.69, 9.17) is 18.8 Å². The van der Waals surface area contributed by atoms with Crippen molar-refractivity contribution in [3.05, 3.63) is 229 Å². The maximum atomic E-state index is 6.29. The highest BCUT2D eigenvalue weighted by Crippen LogP contribution is 2.56. The van der Waals surface area contributed by atoms with Gasteiger partial charge in [0.05, 0.1) is 11.4 Å². The number of para-hydroxylation sites is 5. The summed E-state index contributed by atoms with van der Waals surface area (Å²) in [4.78, 5) is 14.5. The summed E-state index contributed by atoms with van der Waals surface area (Å²) in [6.07, 6.45) is 0. The van der Waals surface area contributed by atoms with Gasteiger partial charge in [-0.1, -0.05) is 125 Å². The molecule has 2 aromatic heterocycles. The Bertz CT molecular complexity index is 3680. The van der Waals surface area contributed by atoms with Gasteiger partial charge in [0.2, 0.25) is 11.8 Å². The molecule has 68 heavy (non-hydrogen) atoms. The van der Waals surface area contributed by atoms with Gasteiger partial charge in [0.1, 0.15) is 11.0 Å². The monoisotopic (exact) mass is 878 g/mol. The number of fused-ring (bicyclic) bond motifs is 7. The van der Waals surface area contributed by atoms with E-state index in [-0.39, 0.29) is 10.8 Å². The van der Waals surface area contributed by atoms with Crippen LogP contribution in [-0.4, -0.2) is 9.97 Å². The average molecular weight is 879 g/mol. The van der Waals surface area contributed by atoms with Crippen LogP contribution < -0.4 is 9.80 Å². The van der Waals surface area contributed by atoms with Gasteiger partial charge in [-0.15, -0.1) is 0 Å². The van der Waals surface area contributed by atoms with Crippen molar-refractivity contribution in [3.8, 4) is 45.2 Å². The molecular weight excluding hydrogens is 833 g/mol. The fourth-order valence-electron chi connectivity index (χ4n) is 10.7. The van der Waals surface area contributed by atoms with E-state index in [0.717, 1.165) is 61.8 Å². The van der Waals surface area contributed by atoms with Crippen molar-refractivity contribution in [2.45, 2.75) is 38.5 Å². The summed E-state index contributed by atoms with van der Waals surface area (Å²) in [5.41, 5.74) is 21.2. The van der Waals surface area contributed by atoms with Crippen LogP contribution in [0.2, 0.25) is 0 Å². The predicted octanol–water partition coefficient (Wildman–Crippen LogP) is 16.9. The molecule has 0 unspecified atom stereocenters. The van der Waals surface area contributed by atoms with Crippen molar-refractivity contribution in [2.24, 2.45) is 0 Å². The number of hydrogen-bond donors (Lipinski definition) is 0. The fourth-order valence-corrected chi connectivity index (χ4v) is 10.7. The maximum absolute atomic E-state index is 6.29. The van der Waals surface area contributed by atoms with Crippen LogP contribution in [0.3, 0.4) is 0 Å². The number of hydrogen-bond acceptors (Lipinski definition) is 6. The van der Waals surface area contributed by atoms with Gasteiger partial charge in [-0.25, -0.2) is 9.97 Å². The van der Waals surface area contributed by atoms with Gasteiger partial charge in [0, 0.05) is 44.7 Å². The van der Waals surface area contributed by atoms with Gasteiger partial charge in [-0.3, -0.25) is 0 Å². The first-order valence-electron chi connectivity index (χ1n) is 23.3. The highest BCUT2D eigenvalue weighted by molar-refractivity contribution is 5.92. The molecule has 0 fully saturated rings. The van der Waals surface area contributed by atoms with Crippen molar-refractivity contribution in [1.82, 2.24) is 9.97 Å². The smallest absolute Gasteiger partial charge is 0.227 e. The zero-order chi connectivity index (χ0) is 45.7. The van der Waals surface area contributed by atoms with Crippen LogP contribution in [0, 0.1) is 0 Å². The van der Waals surface area contributed by atoms with Gasteiger partial charge < -0.3 is 18.6 Å². The van der Waals surface area contributed by atoms with Crippen LogP contribution >= 0.6 is 0 Å². The Morgan fingerprint density at radius 3 is 1.56 bits per heavy atom. The van der Waals surface area contributed by atoms with Gasteiger partial charge in [0.15, 0.2) is 11.2 Å². The van der Waals surface area contributed by atoms with Crippen LogP contribution in [0.15, 0.2) is 215 Å². The minimum atomic E-state index is -0.301. The highest BCUT2D eigenvalue weighted by Gasteiger charge is 2.40. The van der Waals surface area contributed by atoms with Gasteiger partial charge in [-0.2, -0.15) is 0 Å². The third kappa shape index (κ3) is 6.25. The van der Waals surface area contributed by atoms with Crippen LogP contribution in [-0.2, 0) is 10.8 Å². The normalized spacial score (nSPS) is 14.1. The van der Waals surface area contributed by atoms with Gasteiger partial charge in [-0.05, 0) is 154 Å². The zero-order valence-corrected chi connectivity index (χ0v) is 38.2. The first-order chi connectivity index (χ1) is 33.2. The Kier molecular flexibility index (Phi) is 8.80. The summed E-state index contributed by atoms with van der Waals surface area (Å²) in [6, 6.07) is 73.4. The molecule has 0 bridgehead atoms. The summed E-state index contributed by atoms with van der Waals surface area (Å²) >= 11 is 0. The van der Waals surface area contributed by atoms with Crippen molar-refractivity contribution in [1.29, 1.82) is 0 Å². The molecule has 326 valence electrons. The van der Waals surface area contributed by atoms with E-state index >= 15 is 0 Å². The second-order valence-electron chi connectivity index (χ2n) is 19.1. The number of benzene rings is 9. The molecule has 6 heteroatoms. The minimum Gasteiger partial charge on any atom is -0.436 e. The molecule has 0 saturated carbocycles. The van der Waals surface area contributed by atoms with Crippen LogP contribution in [0.4, 0.5) is 34.1 Å². The van der Waals surface area contributed by atoms with Gasteiger partial charge in [0.25, 0.3) is 0 Å². The van der Waals surface area contributed by atoms with Crippen molar-refractivity contribution < 1.29 is 8.83 Å². The Hall–Kier alpha value is -8.48. The molecule has 3 heterocycles. The lowest BCUT2D eigenvalue weighted by Crippen LogP contribution is -2.30. The van der Waals surface area contributed by atoms with E-state index < -0.39 is 0 Å². The Morgan fingerprint density at radius 1 is 0.382 bits per heavy atom.